The molecule has 2 aliphatic heterocycles. The van der Waals surface area contributed by atoms with Crippen LogP contribution < -0.4 is 15.5 Å². The van der Waals surface area contributed by atoms with Crippen molar-refractivity contribution in [2.45, 2.75) is 18.9 Å². The zero-order valence-electron chi connectivity index (χ0n) is 15.2. The van der Waals surface area contributed by atoms with Crippen molar-refractivity contribution in [1.29, 1.82) is 0 Å². The predicted octanol–water partition coefficient (Wildman–Crippen LogP) is 2.07. The Morgan fingerprint density at radius 2 is 2.00 bits per heavy atom. The quantitative estimate of drug-likeness (QED) is 0.853. The summed E-state index contributed by atoms with van der Waals surface area (Å²) >= 11 is 0. The van der Waals surface area contributed by atoms with E-state index in [1.807, 2.05) is 49.5 Å². The van der Waals surface area contributed by atoms with Gasteiger partial charge in [0.2, 0.25) is 0 Å². The second kappa shape index (κ2) is 7.67. The molecule has 0 radical (unpaired) electrons. The van der Waals surface area contributed by atoms with E-state index >= 15 is 0 Å². The molecule has 1 unspecified atom stereocenters. The summed E-state index contributed by atoms with van der Waals surface area (Å²) in [6, 6.07) is 14.1. The van der Waals surface area contributed by atoms with Crippen LogP contribution >= 0.6 is 0 Å². The normalized spacial score (nSPS) is 19.0. The number of amides is 1. The van der Waals surface area contributed by atoms with Crippen molar-refractivity contribution in [3.8, 4) is 0 Å². The Morgan fingerprint density at radius 1 is 1.15 bits per heavy atom. The van der Waals surface area contributed by atoms with Crippen molar-refractivity contribution in [3.63, 3.8) is 0 Å². The van der Waals surface area contributed by atoms with Gasteiger partial charge in [0.05, 0.1) is 11.4 Å². The molecular formula is C20H22N6O. The Morgan fingerprint density at radius 3 is 2.70 bits per heavy atom. The number of carbonyl (C=O) groups is 1. The number of hydrogen-bond donors (Lipinski definition) is 2. The lowest BCUT2D eigenvalue weighted by Gasteiger charge is -2.19. The van der Waals surface area contributed by atoms with E-state index in [0.29, 0.717) is 23.9 Å². The topological polar surface area (TPSA) is 82.0 Å². The minimum absolute atomic E-state index is 0.228. The van der Waals surface area contributed by atoms with Crippen molar-refractivity contribution in [2.75, 3.05) is 30.4 Å². The SMILES string of the molecule is CNC1CCN(c2ccc(NC(=O)C3=NN=C(c4ccccn4)C3)cc2)C1. The van der Waals surface area contributed by atoms with Gasteiger partial charge in [0.25, 0.3) is 5.91 Å². The van der Waals surface area contributed by atoms with Gasteiger partial charge in [-0.25, -0.2) is 0 Å². The van der Waals surface area contributed by atoms with Gasteiger partial charge in [0.15, 0.2) is 0 Å². The third kappa shape index (κ3) is 3.88. The molecule has 1 atom stereocenters. The molecular weight excluding hydrogens is 340 g/mol. The molecule has 4 rings (SSSR count). The van der Waals surface area contributed by atoms with E-state index in [-0.39, 0.29) is 5.91 Å². The standard InChI is InChI=1S/C20H22N6O/c1-21-15-9-11-26(13-15)16-7-5-14(6-8-16)23-20(27)19-12-18(24-25-19)17-4-2-3-10-22-17/h2-8,10,15,21H,9,11-13H2,1H3,(H,23,27). The number of benzene rings is 1. The molecule has 1 saturated heterocycles. The first-order valence-corrected chi connectivity index (χ1v) is 9.11. The smallest absolute Gasteiger partial charge is 0.272 e. The molecule has 7 heteroatoms. The van der Waals surface area contributed by atoms with Gasteiger partial charge in [-0.2, -0.15) is 5.10 Å². The van der Waals surface area contributed by atoms with Crippen LogP contribution in [0.25, 0.3) is 0 Å². The van der Waals surface area contributed by atoms with Gasteiger partial charge in [-0.1, -0.05) is 6.07 Å². The Labute approximate surface area is 158 Å². The highest BCUT2D eigenvalue weighted by molar-refractivity contribution is 6.47. The molecule has 3 heterocycles. The molecule has 0 bridgehead atoms. The molecule has 2 aliphatic rings. The number of likely N-dealkylation sites (N-methyl/N-ethyl adjacent to an activating group) is 1. The second-order valence-corrected chi connectivity index (χ2v) is 6.71. The first-order chi connectivity index (χ1) is 13.2. The summed E-state index contributed by atoms with van der Waals surface area (Å²) in [5.74, 6) is -0.228. The van der Waals surface area contributed by atoms with E-state index in [9.17, 15) is 4.79 Å². The Hall–Kier alpha value is -3.06. The van der Waals surface area contributed by atoms with Crippen LogP contribution in [0.2, 0.25) is 0 Å². The number of hydrogen-bond acceptors (Lipinski definition) is 6. The van der Waals surface area contributed by atoms with Crippen LogP contribution in [0, 0.1) is 0 Å². The van der Waals surface area contributed by atoms with Crippen LogP contribution in [0.3, 0.4) is 0 Å². The van der Waals surface area contributed by atoms with Gasteiger partial charge in [-0.3, -0.25) is 9.78 Å². The fraction of sp³-hybridized carbons (Fsp3) is 0.300. The van der Waals surface area contributed by atoms with E-state index in [2.05, 4.69) is 30.7 Å². The van der Waals surface area contributed by atoms with E-state index in [1.165, 1.54) is 5.69 Å². The van der Waals surface area contributed by atoms with Crippen molar-refractivity contribution < 1.29 is 4.79 Å². The highest BCUT2D eigenvalue weighted by Crippen LogP contribution is 2.22. The van der Waals surface area contributed by atoms with Crippen LogP contribution in [0.4, 0.5) is 11.4 Å². The van der Waals surface area contributed by atoms with Crippen molar-refractivity contribution in [3.05, 3.63) is 54.4 Å². The van der Waals surface area contributed by atoms with Crippen molar-refractivity contribution >= 4 is 28.7 Å². The second-order valence-electron chi connectivity index (χ2n) is 6.71. The minimum Gasteiger partial charge on any atom is -0.370 e. The molecule has 0 aliphatic carbocycles. The number of nitrogens with zero attached hydrogens (tertiary/aromatic N) is 4. The lowest BCUT2D eigenvalue weighted by Crippen LogP contribution is -2.29. The lowest BCUT2D eigenvalue weighted by molar-refractivity contribution is -0.110. The van der Waals surface area contributed by atoms with Crippen molar-refractivity contribution in [2.24, 2.45) is 10.2 Å². The highest BCUT2D eigenvalue weighted by Gasteiger charge is 2.23. The molecule has 27 heavy (non-hydrogen) atoms. The van der Waals surface area contributed by atoms with Crippen LogP contribution in [0.15, 0.2) is 58.9 Å². The fourth-order valence-electron chi connectivity index (χ4n) is 3.34. The first kappa shape index (κ1) is 17.4. The summed E-state index contributed by atoms with van der Waals surface area (Å²) in [6.45, 7) is 2.05. The van der Waals surface area contributed by atoms with Crippen LogP contribution in [0.5, 0.6) is 0 Å². The van der Waals surface area contributed by atoms with Crippen molar-refractivity contribution in [1.82, 2.24) is 10.3 Å². The fourth-order valence-corrected chi connectivity index (χ4v) is 3.34. The van der Waals surface area contributed by atoms with Gasteiger partial charge in [0.1, 0.15) is 5.71 Å². The molecule has 2 aromatic rings. The molecule has 7 nitrogen and oxygen atoms in total. The molecule has 2 N–H and O–H groups in total. The van der Waals surface area contributed by atoms with Crippen LogP contribution in [-0.4, -0.2) is 48.5 Å². The lowest BCUT2D eigenvalue weighted by atomic mass is 10.1. The molecule has 0 spiro atoms. The van der Waals surface area contributed by atoms with Gasteiger partial charge in [-0.05, 0) is 49.9 Å². The predicted molar refractivity (Wildman–Crippen MR) is 108 cm³/mol. The zero-order chi connectivity index (χ0) is 18.6. The summed E-state index contributed by atoms with van der Waals surface area (Å²) in [7, 11) is 2.00. The molecule has 1 aromatic carbocycles. The van der Waals surface area contributed by atoms with Crippen LogP contribution in [-0.2, 0) is 4.79 Å². The van der Waals surface area contributed by atoms with E-state index in [4.69, 9.17) is 0 Å². The minimum atomic E-state index is -0.228. The monoisotopic (exact) mass is 362 g/mol. The summed E-state index contributed by atoms with van der Waals surface area (Å²) in [4.78, 5) is 19.1. The Bertz CT molecular complexity index is 875. The third-order valence-electron chi connectivity index (χ3n) is 4.94. The maximum atomic E-state index is 12.5. The molecule has 1 amide bonds. The maximum Gasteiger partial charge on any atom is 0.272 e. The summed E-state index contributed by atoms with van der Waals surface area (Å²) in [5.41, 5.74) is 3.78. The van der Waals surface area contributed by atoms with Gasteiger partial charge >= 0.3 is 0 Å². The average Bonchev–Trinajstić information content (AvgIpc) is 3.39. The van der Waals surface area contributed by atoms with Gasteiger partial charge < -0.3 is 15.5 Å². The summed E-state index contributed by atoms with van der Waals surface area (Å²) in [5, 5.41) is 14.3. The number of nitrogens with one attached hydrogen (secondary N) is 2. The number of carbonyl (C=O) groups excluding carboxylic acids is 1. The molecule has 1 aromatic heterocycles. The average molecular weight is 362 g/mol. The number of anilines is 2. The van der Waals surface area contributed by atoms with Crippen LogP contribution in [0.1, 0.15) is 18.5 Å². The van der Waals surface area contributed by atoms with E-state index < -0.39 is 0 Å². The maximum absolute atomic E-state index is 12.5. The first-order valence-electron chi connectivity index (χ1n) is 9.11. The van der Waals surface area contributed by atoms with E-state index in [0.717, 1.165) is 30.9 Å². The zero-order valence-corrected chi connectivity index (χ0v) is 15.2. The summed E-state index contributed by atoms with van der Waals surface area (Å²) < 4.78 is 0. The number of pyridine rings is 1. The Kier molecular flexibility index (Phi) is 4.93. The largest absolute Gasteiger partial charge is 0.370 e. The Balaban J connectivity index is 1.34. The van der Waals surface area contributed by atoms with E-state index in [1.54, 1.807) is 6.20 Å². The van der Waals surface area contributed by atoms with Gasteiger partial charge in [-0.15, -0.1) is 5.10 Å². The van der Waals surface area contributed by atoms with Gasteiger partial charge in [0, 0.05) is 43.1 Å². The molecule has 0 saturated carbocycles. The third-order valence-corrected chi connectivity index (χ3v) is 4.94. The highest BCUT2D eigenvalue weighted by atomic mass is 16.2. The number of aromatic nitrogens is 1. The molecule has 138 valence electrons. The summed E-state index contributed by atoms with van der Waals surface area (Å²) in [6.07, 6.45) is 3.24. The molecule has 1 fully saturated rings. The number of rotatable bonds is 5.